The van der Waals surface area contributed by atoms with E-state index in [9.17, 15) is 14.0 Å². The summed E-state index contributed by atoms with van der Waals surface area (Å²) in [5.41, 5.74) is 0.187. The predicted molar refractivity (Wildman–Crippen MR) is 95.2 cm³/mol. The summed E-state index contributed by atoms with van der Waals surface area (Å²) in [5.74, 6) is -1.75. The zero-order valence-electron chi connectivity index (χ0n) is 14.5. The zero-order valence-corrected chi connectivity index (χ0v) is 15.3. The molecule has 7 heteroatoms. The number of likely N-dealkylation sites (tertiary alicyclic amines) is 1. The smallest absolute Gasteiger partial charge is 0.239 e. The van der Waals surface area contributed by atoms with Crippen LogP contribution in [0.15, 0.2) is 18.2 Å². The Balaban J connectivity index is 1.69. The predicted octanol–water partition coefficient (Wildman–Crippen LogP) is 2.38. The minimum absolute atomic E-state index is 0.156. The Morgan fingerprint density at radius 1 is 1.24 bits per heavy atom. The second-order valence-electron chi connectivity index (χ2n) is 6.91. The molecule has 2 heterocycles. The Hall–Kier alpha value is -1.66. The molecule has 1 aromatic carbocycles. The molecule has 0 radical (unpaired) electrons. The van der Waals surface area contributed by atoms with Crippen molar-refractivity contribution in [2.24, 2.45) is 5.92 Å². The number of hydrogen-bond donors (Lipinski definition) is 0. The van der Waals surface area contributed by atoms with E-state index in [1.54, 1.807) is 18.0 Å². The molecule has 1 atom stereocenters. The quantitative estimate of drug-likeness (QED) is 0.770. The number of nitrogens with zero attached hydrogens (tertiary/aromatic N) is 3. The van der Waals surface area contributed by atoms with Crippen molar-refractivity contribution in [3.8, 4) is 0 Å². The standard InChI is InChI=1S/C18H23ClFN3O2/c1-21-8-5-13(6-9-21)22(2)17(24)14-7-10-23(18(14)25)16-4-3-12(19)11-15(16)20/h3-4,11,13-14H,5-10H2,1-2H3. The van der Waals surface area contributed by atoms with Gasteiger partial charge in [0.1, 0.15) is 11.7 Å². The molecule has 5 nitrogen and oxygen atoms in total. The molecule has 0 saturated carbocycles. The summed E-state index contributed by atoms with van der Waals surface area (Å²) in [4.78, 5) is 30.8. The van der Waals surface area contributed by atoms with Gasteiger partial charge in [0.15, 0.2) is 0 Å². The summed E-state index contributed by atoms with van der Waals surface area (Å²) in [5, 5.41) is 0.280. The summed E-state index contributed by atoms with van der Waals surface area (Å²) < 4.78 is 14.1. The molecule has 2 aliphatic rings. The van der Waals surface area contributed by atoms with Gasteiger partial charge in [0.05, 0.1) is 5.69 Å². The first-order chi connectivity index (χ1) is 11.9. The van der Waals surface area contributed by atoms with Gasteiger partial charge in [0.2, 0.25) is 11.8 Å². The van der Waals surface area contributed by atoms with Crippen LogP contribution in [0.5, 0.6) is 0 Å². The first-order valence-electron chi connectivity index (χ1n) is 8.60. The number of carbonyl (C=O) groups excluding carboxylic acids is 2. The maximum Gasteiger partial charge on any atom is 0.239 e. The van der Waals surface area contributed by atoms with Crippen LogP contribution in [0.2, 0.25) is 5.02 Å². The summed E-state index contributed by atoms with van der Waals surface area (Å²) in [6, 6.07) is 4.39. The van der Waals surface area contributed by atoms with Crippen LogP contribution >= 0.6 is 11.6 Å². The van der Waals surface area contributed by atoms with Crippen LogP contribution in [0, 0.1) is 11.7 Å². The molecule has 2 saturated heterocycles. The van der Waals surface area contributed by atoms with Gasteiger partial charge in [-0.05, 0) is 57.6 Å². The Morgan fingerprint density at radius 2 is 1.92 bits per heavy atom. The Kier molecular flexibility index (Phi) is 5.29. The summed E-state index contributed by atoms with van der Waals surface area (Å²) in [7, 11) is 3.84. The molecular weight excluding hydrogens is 345 g/mol. The molecule has 1 aromatic rings. The average Bonchev–Trinajstić information content (AvgIpc) is 2.96. The molecule has 0 spiro atoms. The molecule has 25 heavy (non-hydrogen) atoms. The first kappa shape index (κ1) is 18.1. The van der Waals surface area contributed by atoms with Crippen molar-refractivity contribution >= 4 is 29.1 Å². The van der Waals surface area contributed by atoms with Crippen molar-refractivity contribution in [3.63, 3.8) is 0 Å². The topological polar surface area (TPSA) is 43.9 Å². The van der Waals surface area contributed by atoms with Crippen molar-refractivity contribution in [2.45, 2.75) is 25.3 Å². The van der Waals surface area contributed by atoms with Gasteiger partial charge >= 0.3 is 0 Å². The maximum absolute atomic E-state index is 14.1. The molecule has 1 unspecified atom stereocenters. The van der Waals surface area contributed by atoms with E-state index >= 15 is 0 Å². The number of rotatable bonds is 3. The number of hydrogen-bond acceptors (Lipinski definition) is 3. The van der Waals surface area contributed by atoms with E-state index in [4.69, 9.17) is 11.6 Å². The van der Waals surface area contributed by atoms with Crippen molar-refractivity contribution in [1.29, 1.82) is 0 Å². The number of halogens is 2. The van der Waals surface area contributed by atoms with Crippen LogP contribution in [-0.2, 0) is 9.59 Å². The third-order valence-corrected chi connectivity index (χ3v) is 5.52. The van der Waals surface area contributed by atoms with Gasteiger partial charge in [-0.1, -0.05) is 11.6 Å². The fourth-order valence-electron chi connectivity index (χ4n) is 3.66. The van der Waals surface area contributed by atoms with Gasteiger partial charge in [0, 0.05) is 24.7 Å². The second kappa shape index (κ2) is 7.30. The third kappa shape index (κ3) is 3.65. The van der Waals surface area contributed by atoms with E-state index in [0.717, 1.165) is 25.9 Å². The summed E-state index contributed by atoms with van der Waals surface area (Å²) in [6.45, 7) is 2.24. The molecule has 2 aliphatic heterocycles. The molecule has 0 N–H and O–H groups in total. The van der Waals surface area contributed by atoms with Crippen molar-refractivity contribution in [1.82, 2.24) is 9.80 Å². The fraction of sp³-hybridized carbons (Fsp3) is 0.556. The Bertz CT molecular complexity index is 676. The molecule has 136 valence electrons. The first-order valence-corrected chi connectivity index (χ1v) is 8.98. The van der Waals surface area contributed by atoms with Crippen LogP contribution in [0.25, 0.3) is 0 Å². The van der Waals surface area contributed by atoms with Crippen LogP contribution in [0.1, 0.15) is 19.3 Å². The molecule has 2 amide bonds. The van der Waals surface area contributed by atoms with Gasteiger partial charge in [-0.3, -0.25) is 9.59 Å². The number of amides is 2. The van der Waals surface area contributed by atoms with E-state index in [1.165, 1.54) is 17.0 Å². The lowest BCUT2D eigenvalue weighted by Gasteiger charge is -2.36. The zero-order chi connectivity index (χ0) is 18.1. The van der Waals surface area contributed by atoms with E-state index in [2.05, 4.69) is 11.9 Å². The lowest BCUT2D eigenvalue weighted by Crippen LogP contribution is -2.47. The normalized spacial score (nSPS) is 22.5. The fourth-order valence-corrected chi connectivity index (χ4v) is 3.82. The Morgan fingerprint density at radius 3 is 2.56 bits per heavy atom. The number of anilines is 1. The molecule has 0 aliphatic carbocycles. The third-order valence-electron chi connectivity index (χ3n) is 5.29. The lowest BCUT2D eigenvalue weighted by atomic mass is 10.0. The highest BCUT2D eigenvalue weighted by atomic mass is 35.5. The van der Waals surface area contributed by atoms with E-state index < -0.39 is 11.7 Å². The van der Waals surface area contributed by atoms with Gasteiger partial charge in [-0.25, -0.2) is 4.39 Å². The van der Waals surface area contributed by atoms with E-state index in [1.807, 2.05) is 0 Å². The van der Waals surface area contributed by atoms with Gasteiger partial charge in [-0.2, -0.15) is 0 Å². The molecular formula is C18H23ClFN3O2. The number of piperidine rings is 1. The molecule has 3 rings (SSSR count). The van der Waals surface area contributed by atoms with Gasteiger partial charge < -0.3 is 14.7 Å². The average molecular weight is 368 g/mol. The van der Waals surface area contributed by atoms with Crippen LogP contribution in [0.3, 0.4) is 0 Å². The Labute approximate surface area is 152 Å². The number of carbonyl (C=O) groups is 2. The highest BCUT2D eigenvalue weighted by molar-refractivity contribution is 6.30. The molecule has 2 fully saturated rings. The SMILES string of the molecule is CN1CCC(N(C)C(=O)C2CCN(c3ccc(Cl)cc3F)C2=O)CC1. The van der Waals surface area contributed by atoms with E-state index in [-0.39, 0.29) is 28.6 Å². The minimum atomic E-state index is -0.722. The van der Waals surface area contributed by atoms with Crippen LogP contribution in [0.4, 0.5) is 10.1 Å². The second-order valence-corrected chi connectivity index (χ2v) is 7.35. The van der Waals surface area contributed by atoms with Gasteiger partial charge in [0.25, 0.3) is 0 Å². The lowest BCUT2D eigenvalue weighted by molar-refractivity contribution is -0.141. The van der Waals surface area contributed by atoms with Crippen molar-refractivity contribution in [2.75, 3.05) is 38.6 Å². The number of benzene rings is 1. The summed E-state index contributed by atoms with van der Waals surface area (Å²) >= 11 is 5.77. The minimum Gasteiger partial charge on any atom is -0.342 e. The molecule has 0 bridgehead atoms. The van der Waals surface area contributed by atoms with Crippen molar-refractivity contribution in [3.05, 3.63) is 29.0 Å². The summed E-state index contributed by atoms with van der Waals surface area (Å²) in [6.07, 6.45) is 2.24. The molecule has 0 aromatic heterocycles. The van der Waals surface area contributed by atoms with Crippen molar-refractivity contribution < 1.29 is 14.0 Å². The van der Waals surface area contributed by atoms with E-state index in [0.29, 0.717) is 13.0 Å². The van der Waals surface area contributed by atoms with Crippen LogP contribution in [-0.4, -0.2) is 61.4 Å². The van der Waals surface area contributed by atoms with Crippen LogP contribution < -0.4 is 4.90 Å². The highest BCUT2D eigenvalue weighted by Gasteiger charge is 2.41. The highest BCUT2D eigenvalue weighted by Crippen LogP contribution is 2.30. The monoisotopic (exact) mass is 367 g/mol. The largest absolute Gasteiger partial charge is 0.342 e. The van der Waals surface area contributed by atoms with Gasteiger partial charge in [-0.15, -0.1) is 0 Å². The maximum atomic E-state index is 14.1.